The molecule has 1 aromatic rings. The molecule has 96 valence electrons. The van der Waals surface area contributed by atoms with Crippen molar-refractivity contribution in [2.24, 2.45) is 0 Å². The molecule has 1 fully saturated rings. The molecule has 7 heteroatoms. The van der Waals surface area contributed by atoms with E-state index in [9.17, 15) is 8.42 Å². The van der Waals surface area contributed by atoms with Gasteiger partial charge in [-0.05, 0) is 19.8 Å². The van der Waals surface area contributed by atoms with Gasteiger partial charge in [-0.25, -0.2) is 8.42 Å². The summed E-state index contributed by atoms with van der Waals surface area (Å²) < 4.78 is 26.3. The molecule has 0 aliphatic heterocycles. The molecule has 5 nitrogen and oxygen atoms in total. The number of aromatic amines is 1. The number of hydrogen-bond donors (Lipinski definition) is 1. The van der Waals surface area contributed by atoms with Crippen molar-refractivity contribution in [2.75, 3.05) is 7.05 Å². The van der Waals surface area contributed by atoms with Crippen molar-refractivity contribution in [3.05, 3.63) is 11.4 Å². The smallest absolute Gasteiger partial charge is 0.246 e. The maximum Gasteiger partial charge on any atom is 0.246 e. The van der Waals surface area contributed by atoms with Crippen LogP contribution in [0.15, 0.2) is 4.90 Å². The molecule has 1 aliphatic carbocycles. The third-order valence-corrected chi connectivity index (χ3v) is 5.68. The van der Waals surface area contributed by atoms with Crippen molar-refractivity contribution in [3.8, 4) is 0 Å². The highest BCUT2D eigenvalue weighted by Gasteiger charge is 2.35. The number of H-pyrrole nitrogens is 1. The fourth-order valence-corrected chi connectivity index (χ4v) is 4.00. The third-order valence-electron chi connectivity index (χ3n) is 3.31. The van der Waals surface area contributed by atoms with E-state index in [-0.39, 0.29) is 16.8 Å². The molecule has 0 spiro atoms. The first-order valence-corrected chi connectivity index (χ1v) is 7.53. The zero-order valence-corrected chi connectivity index (χ0v) is 11.5. The van der Waals surface area contributed by atoms with E-state index >= 15 is 0 Å². The van der Waals surface area contributed by atoms with E-state index in [1.54, 1.807) is 14.0 Å². The van der Waals surface area contributed by atoms with E-state index < -0.39 is 10.0 Å². The van der Waals surface area contributed by atoms with Gasteiger partial charge in [-0.2, -0.15) is 9.40 Å². The molecule has 0 amide bonds. The largest absolute Gasteiger partial charge is 0.281 e. The SMILES string of the molecule is Cc1[nH]nc(CCl)c1S(=O)(=O)N(C)C1CCC1. The standard InChI is InChI=1S/C10H16ClN3O2S/c1-7-10(9(6-11)13-12-7)17(15,16)14(2)8-4-3-5-8/h8H,3-6H2,1-2H3,(H,12,13). The maximum absolute atomic E-state index is 12.4. The summed E-state index contributed by atoms with van der Waals surface area (Å²) in [6.45, 7) is 1.70. The molecule has 2 rings (SSSR count). The number of rotatable bonds is 4. The number of halogens is 1. The van der Waals surface area contributed by atoms with E-state index in [0.717, 1.165) is 19.3 Å². The van der Waals surface area contributed by atoms with Gasteiger partial charge < -0.3 is 0 Å². The Morgan fingerprint density at radius 1 is 1.53 bits per heavy atom. The van der Waals surface area contributed by atoms with Gasteiger partial charge in [-0.3, -0.25) is 5.10 Å². The zero-order chi connectivity index (χ0) is 12.6. The molecule has 1 aromatic heterocycles. The zero-order valence-electron chi connectivity index (χ0n) is 9.90. The lowest BCUT2D eigenvalue weighted by Gasteiger charge is -2.33. The Hall–Kier alpha value is -0.590. The van der Waals surface area contributed by atoms with Crippen LogP contribution in [0, 0.1) is 6.92 Å². The monoisotopic (exact) mass is 277 g/mol. The second kappa shape index (κ2) is 4.59. The molecular formula is C10H16ClN3O2S. The number of hydrogen-bond acceptors (Lipinski definition) is 3. The number of aromatic nitrogens is 2. The Balaban J connectivity index is 2.39. The van der Waals surface area contributed by atoms with Gasteiger partial charge in [0.25, 0.3) is 0 Å². The summed E-state index contributed by atoms with van der Waals surface area (Å²) in [5.41, 5.74) is 0.946. The summed E-state index contributed by atoms with van der Waals surface area (Å²) in [5, 5.41) is 6.61. The minimum Gasteiger partial charge on any atom is -0.281 e. The van der Waals surface area contributed by atoms with Crippen molar-refractivity contribution in [1.29, 1.82) is 0 Å². The minimum atomic E-state index is -3.47. The summed E-state index contributed by atoms with van der Waals surface area (Å²) >= 11 is 5.72. The van der Waals surface area contributed by atoms with Gasteiger partial charge in [0.15, 0.2) is 0 Å². The number of nitrogens with zero attached hydrogens (tertiary/aromatic N) is 2. The molecule has 0 bridgehead atoms. The van der Waals surface area contributed by atoms with Crippen LogP contribution in [0.3, 0.4) is 0 Å². The first-order valence-electron chi connectivity index (χ1n) is 5.56. The highest BCUT2D eigenvalue weighted by Crippen LogP contribution is 2.30. The number of aryl methyl sites for hydroxylation is 1. The molecule has 0 saturated heterocycles. The Morgan fingerprint density at radius 2 is 2.18 bits per heavy atom. The quantitative estimate of drug-likeness (QED) is 0.851. The van der Waals surface area contributed by atoms with Gasteiger partial charge in [0.1, 0.15) is 4.90 Å². The molecule has 0 aromatic carbocycles. The van der Waals surface area contributed by atoms with E-state index in [1.165, 1.54) is 4.31 Å². The summed E-state index contributed by atoms with van der Waals surface area (Å²) in [5.74, 6) is 0.0947. The second-order valence-electron chi connectivity index (χ2n) is 4.36. The van der Waals surface area contributed by atoms with E-state index in [1.807, 2.05) is 0 Å². The predicted molar refractivity (Wildman–Crippen MR) is 65.5 cm³/mol. The Kier molecular flexibility index (Phi) is 3.47. The fraction of sp³-hybridized carbons (Fsp3) is 0.700. The van der Waals surface area contributed by atoms with Crippen LogP contribution in [0.2, 0.25) is 0 Å². The highest BCUT2D eigenvalue weighted by molar-refractivity contribution is 7.89. The summed E-state index contributed by atoms with van der Waals surface area (Å²) in [4.78, 5) is 0.238. The lowest BCUT2D eigenvalue weighted by Crippen LogP contribution is -2.41. The average Bonchev–Trinajstić information content (AvgIpc) is 2.57. The summed E-state index contributed by atoms with van der Waals surface area (Å²) in [6, 6.07) is 0.123. The molecular weight excluding hydrogens is 262 g/mol. The van der Waals surface area contributed by atoms with Crippen LogP contribution in [0.5, 0.6) is 0 Å². The van der Waals surface area contributed by atoms with Crippen molar-refractivity contribution >= 4 is 21.6 Å². The van der Waals surface area contributed by atoms with Crippen molar-refractivity contribution in [1.82, 2.24) is 14.5 Å². The number of nitrogens with one attached hydrogen (secondary N) is 1. The maximum atomic E-state index is 12.4. The van der Waals surface area contributed by atoms with Crippen LogP contribution in [-0.2, 0) is 15.9 Å². The van der Waals surface area contributed by atoms with Crippen LogP contribution in [0.1, 0.15) is 30.7 Å². The van der Waals surface area contributed by atoms with Gasteiger partial charge in [0, 0.05) is 13.1 Å². The first kappa shape index (κ1) is 12.9. The van der Waals surface area contributed by atoms with Crippen molar-refractivity contribution in [2.45, 2.75) is 43.0 Å². The van der Waals surface area contributed by atoms with Crippen LogP contribution in [0.25, 0.3) is 0 Å². The summed E-state index contributed by atoms with van der Waals surface area (Å²) in [7, 11) is -1.85. The van der Waals surface area contributed by atoms with Crippen LogP contribution < -0.4 is 0 Å². The first-order chi connectivity index (χ1) is 7.98. The molecule has 1 aliphatic rings. The number of alkyl halides is 1. The lowest BCUT2D eigenvalue weighted by atomic mass is 9.94. The molecule has 17 heavy (non-hydrogen) atoms. The van der Waals surface area contributed by atoms with Gasteiger partial charge >= 0.3 is 0 Å². The fourth-order valence-electron chi connectivity index (χ4n) is 1.99. The second-order valence-corrected chi connectivity index (χ2v) is 6.57. The normalized spacial score (nSPS) is 17.4. The highest BCUT2D eigenvalue weighted by atomic mass is 35.5. The van der Waals surface area contributed by atoms with Crippen molar-refractivity contribution in [3.63, 3.8) is 0 Å². The van der Waals surface area contributed by atoms with E-state index in [2.05, 4.69) is 10.2 Å². The minimum absolute atomic E-state index is 0.0947. The third kappa shape index (κ3) is 2.09. The van der Waals surface area contributed by atoms with Gasteiger partial charge in [0.05, 0.1) is 17.3 Å². The topological polar surface area (TPSA) is 66.1 Å². The van der Waals surface area contributed by atoms with E-state index in [4.69, 9.17) is 11.6 Å². The number of sulfonamides is 1. The van der Waals surface area contributed by atoms with E-state index in [0.29, 0.717) is 11.4 Å². The van der Waals surface area contributed by atoms with Crippen LogP contribution in [-0.4, -0.2) is 36.0 Å². The Morgan fingerprint density at radius 3 is 2.65 bits per heavy atom. The molecule has 1 N–H and O–H groups in total. The molecule has 0 atom stereocenters. The van der Waals surface area contributed by atoms with Gasteiger partial charge in [-0.15, -0.1) is 11.6 Å². The van der Waals surface area contributed by atoms with Gasteiger partial charge in [-0.1, -0.05) is 6.42 Å². The average molecular weight is 278 g/mol. The summed E-state index contributed by atoms with van der Waals surface area (Å²) in [6.07, 6.45) is 2.96. The lowest BCUT2D eigenvalue weighted by molar-refractivity contribution is 0.249. The Labute approximate surface area is 106 Å². The van der Waals surface area contributed by atoms with Crippen LogP contribution >= 0.6 is 11.6 Å². The molecule has 1 saturated carbocycles. The van der Waals surface area contributed by atoms with Crippen molar-refractivity contribution < 1.29 is 8.42 Å². The molecule has 0 unspecified atom stereocenters. The van der Waals surface area contributed by atoms with Gasteiger partial charge in [0.2, 0.25) is 10.0 Å². The predicted octanol–water partition coefficient (Wildman–Crippen LogP) is 1.63. The van der Waals surface area contributed by atoms with Crippen LogP contribution in [0.4, 0.5) is 0 Å². The molecule has 1 heterocycles. The molecule has 0 radical (unpaired) electrons. The Bertz CT molecular complexity index is 508.